The molecule has 0 saturated carbocycles. The van der Waals surface area contributed by atoms with Gasteiger partial charge in [0.2, 0.25) is 0 Å². The predicted octanol–water partition coefficient (Wildman–Crippen LogP) is 1.43. The molecule has 4 nitrogen and oxygen atoms in total. The highest BCUT2D eigenvalue weighted by atomic mass is 14.9. The van der Waals surface area contributed by atoms with Crippen molar-refractivity contribution in [1.82, 2.24) is 15.0 Å². The second-order valence-corrected chi connectivity index (χ2v) is 3.03. The second-order valence-electron chi connectivity index (χ2n) is 3.03. The number of hydrogen-bond donors (Lipinski definition) is 1. The minimum atomic E-state index is 0.570. The lowest BCUT2D eigenvalue weighted by Crippen LogP contribution is -1.94. The normalized spacial score (nSPS) is 10.1. The van der Waals surface area contributed by atoms with Crippen molar-refractivity contribution in [2.24, 2.45) is 0 Å². The molecule has 0 aliphatic carbocycles. The molecule has 0 radical (unpaired) electrons. The molecular weight excluding hydrogens is 176 g/mol. The average molecular weight is 186 g/mol. The molecule has 0 aromatic carbocycles. The first-order valence-electron chi connectivity index (χ1n) is 4.26. The zero-order chi connectivity index (χ0) is 9.97. The van der Waals surface area contributed by atoms with Gasteiger partial charge in [0.25, 0.3) is 0 Å². The first-order chi connectivity index (χ1) is 6.77. The first kappa shape index (κ1) is 8.62. The highest BCUT2D eigenvalue weighted by Crippen LogP contribution is 2.17. The summed E-state index contributed by atoms with van der Waals surface area (Å²) in [5.74, 6) is 0.680. The number of anilines is 1. The molecule has 0 saturated heterocycles. The SMILES string of the molecule is Cc1cnccc1-c1ncc(N)cn1. The molecule has 2 rings (SSSR count). The van der Waals surface area contributed by atoms with Gasteiger partial charge >= 0.3 is 0 Å². The van der Waals surface area contributed by atoms with Gasteiger partial charge in [-0.3, -0.25) is 4.98 Å². The fraction of sp³-hybridized carbons (Fsp3) is 0.100. The van der Waals surface area contributed by atoms with Crippen LogP contribution in [-0.4, -0.2) is 15.0 Å². The molecule has 0 bridgehead atoms. The zero-order valence-corrected chi connectivity index (χ0v) is 7.81. The van der Waals surface area contributed by atoms with Gasteiger partial charge in [0.15, 0.2) is 5.82 Å². The number of pyridine rings is 1. The van der Waals surface area contributed by atoms with E-state index in [4.69, 9.17) is 5.73 Å². The van der Waals surface area contributed by atoms with Crippen LogP contribution in [-0.2, 0) is 0 Å². The molecule has 0 aliphatic rings. The van der Waals surface area contributed by atoms with Gasteiger partial charge < -0.3 is 5.73 Å². The Balaban J connectivity index is 2.50. The molecule has 0 spiro atoms. The second kappa shape index (κ2) is 3.41. The molecule has 2 heterocycles. The summed E-state index contributed by atoms with van der Waals surface area (Å²) in [6, 6.07) is 1.89. The number of nitrogen functional groups attached to an aromatic ring is 1. The standard InChI is InChI=1S/C10H10N4/c1-7-4-12-3-2-9(7)10-13-5-8(11)6-14-10/h2-6H,11H2,1H3. The van der Waals surface area contributed by atoms with E-state index in [1.165, 1.54) is 0 Å². The fourth-order valence-electron chi connectivity index (χ4n) is 1.20. The van der Waals surface area contributed by atoms with Crippen LogP contribution in [0, 0.1) is 6.92 Å². The lowest BCUT2D eigenvalue weighted by Gasteiger charge is -2.02. The molecule has 70 valence electrons. The monoisotopic (exact) mass is 186 g/mol. The van der Waals surface area contributed by atoms with Gasteiger partial charge in [-0.1, -0.05) is 0 Å². The van der Waals surface area contributed by atoms with E-state index in [0.29, 0.717) is 11.5 Å². The van der Waals surface area contributed by atoms with Crippen molar-refractivity contribution in [3.63, 3.8) is 0 Å². The third kappa shape index (κ3) is 1.54. The average Bonchev–Trinajstić information content (AvgIpc) is 2.20. The molecule has 2 aromatic heterocycles. The van der Waals surface area contributed by atoms with Crippen LogP contribution in [0.15, 0.2) is 30.9 Å². The van der Waals surface area contributed by atoms with E-state index in [9.17, 15) is 0 Å². The maximum atomic E-state index is 5.51. The molecule has 0 atom stereocenters. The van der Waals surface area contributed by atoms with E-state index in [0.717, 1.165) is 11.1 Å². The van der Waals surface area contributed by atoms with Crippen LogP contribution in [0.3, 0.4) is 0 Å². The highest BCUT2D eigenvalue weighted by Gasteiger charge is 2.03. The summed E-state index contributed by atoms with van der Waals surface area (Å²) in [6.07, 6.45) is 6.71. The lowest BCUT2D eigenvalue weighted by atomic mass is 10.1. The quantitative estimate of drug-likeness (QED) is 0.731. The van der Waals surface area contributed by atoms with Crippen molar-refractivity contribution in [3.05, 3.63) is 36.4 Å². The summed E-state index contributed by atoms with van der Waals surface area (Å²) in [5, 5.41) is 0. The summed E-state index contributed by atoms with van der Waals surface area (Å²) in [6.45, 7) is 1.97. The number of hydrogen-bond acceptors (Lipinski definition) is 4. The van der Waals surface area contributed by atoms with Gasteiger partial charge in [-0.05, 0) is 18.6 Å². The van der Waals surface area contributed by atoms with Crippen LogP contribution in [0.2, 0.25) is 0 Å². The first-order valence-corrected chi connectivity index (χ1v) is 4.26. The van der Waals surface area contributed by atoms with Crippen molar-refractivity contribution in [2.45, 2.75) is 6.92 Å². The highest BCUT2D eigenvalue weighted by molar-refractivity contribution is 5.59. The van der Waals surface area contributed by atoms with Crippen LogP contribution in [0.5, 0.6) is 0 Å². The van der Waals surface area contributed by atoms with E-state index < -0.39 is 0 Å². The van der Waals surface area contributed by atoms with Crippen LogP contribution in [0.1, 0.15) is 5.56 Å². The maximum absolute atomic E-state index is 5.51. The van der Waals surface area contributed by atoms with Crippen molar-refractivity contribution in [3.8, 4) is 11.4 Å². The maximum Gasteiger partial charge on any atom is 0.159 e. The minimum absolute atomic E-state index is 0.570. The Bertz CT molecular complexity index is 436. The molecule has 0 unspecified atom stereocenters. The smallest absolute Gasteiger partial charge is 0.159 e. The summed E-state index contributed by atoms with van der Waals surface area (Å²) in [7, 11) is 0. The third-order valence-corrected chi connectivity index (χ3v) is 1.93. The summed E-state index contributed by atoms with van der Waals surface area (Å²) < 4.78 is 0. The third-order valence-electron chi connectivity index (χ3n) is 1.93. The molecular formula is C10H10N4. The molecule has 2 aromatic rings. The van der Waals surface area contributed by atoms with Gasteiger partial charge in [0.05, 0.1) is 18.1 Å². The molecule has 0 aliphatic heterocycles. The van der Waals surface area contributed by atoms with Gasteiger partial charge in [0.1, 0.15) is 0 Å². The number of nitrogens with two attached hydrogens (primary N) is 1. The fourth-order valence-corrected chi connectivity index (χ4v) is 1.20. The largest absolute Gasteiger partial charge is 0.396 e. The Labute approximate surface area is 81.9 Å². The number of rotatable bonds is 1. The molecule has 2 N–H and O–H groups in total. The minimum Gasteiger partial charge on any atom is -0.396 e. The number of aryl methyl sites for hydroxylation is 1. The Kier molecular flexibility index (Phi) is 2.10. The lowest BCUT2D eigenvalue weighted by molar-refractivity contribution is 1.16. The van der Waals surface area contributed by atoms with Crippen LogP contribution in [0.25, 0.3) is 11.4 Å². The Hall–Kier alpha value is -1.97. The van der Waals surface area contributed by atoms with Crippen molar-refractivity contribution >= 4 is 5.69 Å². The van der Waals surface area contributed by atoms with Gasteiger partial charge in [-0.25, -0.2) is 9.97 Å². The number of aromatic nitrogens is 3. The van der Waals surface area contributed by atoms with E-state index in [-0.39, 0.29) is 0 Å². The van der Waals surface area contributed by atoms with E-state index in [1.54, 1.807) is 24.8 Å². The van der Waals surface area contributed by atoms with Crippen molar-refractivity contribution in [2.75, 3.05) is 5.73 Å². The topological polar surface area (TPSA) is 64.7 Å². The summed E-state index contributed by atoms with van der Waals surface area (Å²) in [4.78, 5) is 12.3. The molecule has 0 fully saturated rings. The molecule has 14 heavy (non-hydrogen) atoms. The number of nitrogens with zero attached hydrogens (tertiary/aromatic N) is 3. The van der Waals surface area contributed by atoms with Gasteiger partial charge in [0, 0.05) is 18.0 Å². The van der Waals surface area contributed by atoms with Gasteiger partial charge in [-0.2, -0.15) is 0 Å². The Morgan fingerprint density at radius 3 is 2.50 bits per heavy atom. The van der Waals surface area contributed by atoms with Crippen LogP contribution in [0.4, 0.5) is 5.69 Å². The van der Waals surface area contributed by atoms with Gasteiger partial charge in [-0.15, -0.1) is 0 Å². The van der Waals surface area contributed by atoms with E-state index in [2.05, 4.69) is 15.0 Å². The zero-order valence-electron chi connectivity index (χ0n) is 7.81. The molecule has 0 amide bonds. The van der Waals surface area contributed by atoms with Crippen molar-refractivity contribution in [1.29, 1.82) is 0 Å². The molecule has 4 heteroatoms. The van der Waals surface area contributed by atoms with Crippen LogP contribution >= 0.6 is 0 Å². The Morgan fingerprint density at radius 2 is 1.86 bits per heavy atom. The Morgan fingerprint density at radius 1 is 1.14 bits per heavy atom. The summed E-state index contributed by atoms with van der Waals surface area (Å²) in [5.41, 5.74) is 8.11. The van der Waals surface area contributed by atoms with E-state index >= 15 is 0 Å². The predicted molar refractivity (Wildman–Crippen MR) is 54.4 cm³/mol. The van der Waals surface area contributed by atoms with Crippen LogP contribution < -0.4 is 5.73 Å². The summed E-state index contributed by atoms with van der Waals surface area (Å²) >= 11 is 0. The van der Waals surface area contributed by atoms with E-state index in [1.807, 2.05) is 13.0 Å². The van der Waals surface area contributed by atoms with Crippen molar-refractivity contribution < 1.29 is 0 Å².